The number of non-ortho nitro benzene ring substituents is 1. The summed E-state index contributed by atoms with van der Waals surface area (Å²) in [5.41, 5.74) is 3.00. The Kier molecular flexibility index (Phi) is 5.09. The number of nitro benzene ring substituents is 1. The summed E-state index contributed by atoms with van der Waals surface area (Å²) in [5.74, 6) is 0.421. The number of carbonyl (C=O) groups is 1. The molecule has 3 rings (SSSR count). The predicted octanol–water partition coefficient (Wildman–Crippen LogP) is 4.27. The van der Waals surface area contributed by atoms with Gasteiger partial charge < -0.3 is 4.42 Å². The fourth-order valence-electron chi connectivity index (χ4n) is 2.21. The Balaban J connectivity index is 1.68. The third-order valence-corrected chi connectivity index (χ3v) is 3.77. The van der Waals surface area contributed by atoms with Crippen LogP contribution >= 0.6 is 11.6 Å². The summed E-state index contributed by atoms with van der Waals surface area (Å²) in [6.45, 7) is 0. The lowest BCUT2D eigenvalue weighted by Gasteiger charge is -2.00. The molecule has 0 unspecified atom stereocenters. The average molecular weight is 370 g/mol. The first-order valence-corrected chi connectivity index (χ1v) is 7.85. The van der Waals surface area contributed by atoms with Gasteiger partial charge in [-0.2, -0.15) is 5.10 Å². The lowest BCUT2D eigenvalue weighted by molar-refractivity contribution is -0.384. The number of carbonyl (C=O) groups excluding carboxylic acids is 1. The highest BCUT2D eigenvalue weighted by Crippen LogP contribution is 2.28. The van der Waals surface area contributed by atoms with Gasteiger partial charge in [-0.25, -0.2) is 5.43 Å². The molecule has 0 fully saturated rings. The molecule has 0 spiro atoms. The van der Waals surface area contributed by atoms with Crippen molar-refractivity contribution in [1.29, 1.82) is 0 Å². The quantitative estimate of drug-likeness (QED) is 0.412. The van der Waals surface area contributed by atoms with E-state index < -0.39 is 10.8 Å². The van der Waals surface area contributed by atoms with Crippen molar-refractivity contribution in [3.63, 3.8) is 0 Å². The van der Waals surface area contributed by atoms with Crippen LogP contribution in [-0.4, -0.2) is 17.0 Å². The molecule has 26 heavy (non-hydrogen) atoms. The van der Waals surface area contributed by atoms with E-state index >= 15 is 0 Å². The van der Waals surface area contributed by atoms with E-state index in [-0.39, 0.29) is 11.3 Å². The molecule has 0 radical (unpaired) electrons. The van der Waals surface area contributed by atoms with Gasteiger partial charge in [-0.3, -0.25) is 14.9 Å². The summed E-state index contributed by atoms with van der Waals surface area (Å²) < 4.78 is 5.61. The molecule has 2 aromatic carbocycles. The highest BCUT2D eigenvalue weighted by molar-refractivity contribution is 6.33. The summed E-state index contributed by atoms with van der Waals surface area (Å²) in [7, 11) is 0. The molecule has 3 aromatic rings. The highest BCUT2D eigenvalue weighted by Gasteiger charge is 2.11. The van der Waals surface area contributed by atoms with E-state index in [9.17, 15) is 14.9 Å². The van der Waals surface area contributed by atoms with Crippen LogP contribution in [0.1, 0.15) is 16.1 Å². The monoisotopic (exact) mass is 369 g/mol. The summed E-state index contributed by atoms with van der Waals surface area (Å²) in [6.07, 6.45) is 1.33. The normalized spacial score (nSPS) is 10.8. The number of furan rings is 1. The van der Waals surface area contributed by atoms with E-state index in [0.29, 0.717) is 16.5 Å². The zero-order chi connectivity index (χ0) is 18.5. The molecule has 0 saturated heterocycles. The van der Waals surface area contributed by atoms with Crippen molar-refractivity contribution in [3.05, 3.63) is 87.1 Å². The maximum Gasteiger partial charge on any atom is 0.271 e. The number of nitrogens with zero attached hydrogens (tertiary/aromatic N) is 2. The number of benzene rings is 2. The molecule has 1 heterocycles. The second kappa shape index (κ2) is 7.62. The molecule has 130 valence electrons. The molecule has 1 amide bonds. The van der Waals surface area contributed by atoms with E-state index in [1.165, 1.54) is 30.5 Å². The molecule has 7 nitrogen and oxygen atoms in total. The first-order valence-electron chi connectivity index (χ1n) is 7.47. The van der Waals surface area contributed by atoms with Crippen molar-refractivity contribution in [2.75, 3.05) is 0 Å². The summed E-state index contributed by atoms with van der Waals surface area (Å²) in [4.78, 5) is 22.2. The minimum Gasteiger partial charge on any atom is -0.455 e. The van der Waals surface area contributed by atoms with Crippen LogP contribution in [0.4, 0.5) is 5.69 Å². The first kappa shape index (κ1) is 17.4. The minimum atomic E-state index is -0.570. The van der Waals surface area contributed by atoms with Crippen LogP contribution < -0.4 is 5.43 Å². The fraction of sp³-hybridized carbons (Fsp3) is 0. The smallest absolute Gasteiger partial charge is 0.271 e. The zero-order valence-electron chi connectivity index (χ0n) is 13.3. The molecule has 0 aliphatic rings. The highest BCUT2D eigenvalue weighted by atomic mass is 35.5. The topological polar surface area (TPSA) is 97.7 Å². The third-order valence-electron chi connectivity index (χ3n) is 3.44. The van der Waals surface area contributed by atoms with Crippen LogP contribution in [0.2, 0.25) is 5.02 Å². The van der Waals surface area contributed by atoms with Gasteiger partial charge in [0.15, 0.2) is 0 Å². The van der Waals surface area contributed by atoms with Gasteiger partial charge in [0.25, 0.3) is 11.6 Å². The Morgan fingerprint density at radius 3 is 2.73 bits per heavy atom. The second-order valence-electron chi connectivity index (χ2n) is 5.19. The number of halogens is 1. The molecule has 0 saturated carbocycles. The number of rotatable bonds is 5. The number of hydrogen-bond donors (Lipinski definition) is 1. The van der Waals surface area contributed by atoms with Gasteiger partial charge in [-0.1, -0.05) is 29.8 Å². The maximum atomic E-state index is 12.0. The van der Waals surface area contributed by atoms with Gasteiger partial charge in [-0.15, -0.1) is 0 Å². The molecule has 0 atom stereocenters. The Hall–Kier alpha value is -3.45. The van der Waals surface area contributed by atoms with Gasteiger partial charge in [0, 0.05) is 23.3 Å². The Morgan fingerprint density at radius 2 is 1.96 bits per heavy atom. The largest absolute Gasteiger partial charge is 0.455 e. The van der Waals surface area contributed by atoms with Crippen LogP contribution in [0, 0.1) is 10.1 Å². The maximum absolute atomic E-state index is 12.0. The van der Waals surface area contributed by atoms with Crippen molar-refractivity contribution in [2.24, 2.45) is 5.10 Å². The fourth-order valence-corrected chi connectivity index (χ4v) is 2.44. The van der Waals surface area contributed by atoms with E-state index in [2.05, 4.69) is 10.5 Å². The first-order chi connectivity index (χ1) is 12.5. The Bertz CT molecular complexity index is 997. The van der Waals surface area contributed by atoms with E-state index in [1.54, 1.807) is 18.2 Å². The zero-order valence-corrected chi connectivity index (χ0v) is 14.0. The molecular formula is C18H12ClN3O4. The summed E-state index contributed by atoms with van der Waals surface area (Å²) in [5, 5.41) is 15.1. The average Bonchev–Trinajstić information content (AvgIpc) is 3.10. The van der Waals surface area contributed by atoms with Crippen LogP contribution in [-0.2, 0) is 0 Å². The number of nitro groups is 1. The third kappa shape index (κ3) is 3.96. The van der Waals surface area contributed by atoms with E-state index in [0.717, 1.165) is 5.56 Å². The van der Waals surface area contributed by atoms with Gasteiger partial charge in [0.2, 0.25) is 0 Å². The Morgan fingerprint density at radius 1 is 1.15 bits per heavy atom. The Labute approximate surface area is 153 Å². The van der Waals surface area contributed by atoms with Crippen LogP contribution in [0.3, 0.4) is 0 Å². The lowest BCUT2D eigenvalue weighted by Crippen LogP contribution is -2.17. The molecule has 0 bridgehead atoms. The van der Waals surface area contributed by atoms with Crippen molar-refractivity contribution in [2.45, 2.75) is 0 Å². The SMILES string of the molecule is O=C(N/N=C/c1ccc(-c2ccccc2Cl)o1)c1cccc([N+](=O)[O-])c1. The molecule has 1 aromatic heterocycles. The number of amides is 1. The number of hydrogen-bond acceptors (Lipinski definition) is 5. The van der Waals surface area contributed by atoms with Gasteiger partial charge >= 0.3 is 0 Å². The van der Waals surface area contributed by atoms with Gasteiger partial charge in [0.05, 0.1) is 16.2 Å². The number of hydrazone groups is 1. The van der Waals surface area contributed by atoms with Crippen LogP contribution in [0.25, 0.3) is 11.3 Å². The lowest BCUT2D eigenvalue weighted by atomic mass is 10.2. The molecule has 1 N–H and O–H groups in total. The van der Waals surface area contributed by atoms with Crippen molar-refractivity contribution in [1.82, 2.24) is 5.43 Å². The molecular weight excluding hydrogens is 358 g/mol. The van der Waals surface area contributed by atoms with E-state index in [1.807, 2.05) is 18.2 Å². The standard InChI is InChI=1S/C18H12ClN3O4/c19-16-7-2-1-6-15(16)17-9-8-14(26-17)11-20-21-18(23)12-4-3-5-13(10-12)22(24)25/h1-11H,(H,21,23)/b20-11+. The van der Waals surface area contributed by atoms with Crippen LogP contribution in [0.15, 0.2) is 70.2 Å². The molecule has 8 heteroatoms. The second-order valence-corrected chi connectivity index (χ2v) is 5.60. The van der Waals surface area contributed by atoms with Crippen molar-refractivity contribution in [3.8, 4) is 11.3 Å². The van der Waals surface area contributed by atoms with Gasteiger partial charge in [-0.05, 0) is 30.3 Å². The number of nitrogens with one attached hydrogen (secondary N) is 1. The predicted molar refractivity (Wildman–Crippen MR) is 97.3 cm³/mol. The van der Waals surface area contributed by atoms with Crippen molar-refractivity contribution < 1.29 is 14.1 Å². The molecule has 0 aliphatic carbocycles. The summed E-state index contributed by atoms with van der Waals surface area (Å²) >= 11 is 6.12. The molecule has 0 aliphatic heterocycles. The van der Waals surface area contributed by atoms with Crippen molar-refractivity contribution >= 4 is 29.4 Å². The minimum absolute atomic E-state index is 0.132. The van der Waals surface area contributed by atoms with Crippen LogP contribution in [0.5, 0.6) is 0 Å². The summed E-state index contributed by atoms with van der Waals surface area (Å²) in [6, 6.07) is 16.0. The van der Waals surface area contributed by atoms with Gasteiger partial charge in [0.1, 0.15) is 11.5 Å². The van der Waals surface area contributed by atoms with E-state index in [4.69, 9.17) is 16.0 Å².